The van der Waals surface area contributed by atoms with Crippen molar-refractivity contribution >= 4 is 29.0 Å². The lowest BCUT2D eigenvalue weighted by Gasteiger charge is -2.54. The fourth-order valence-electron chi connectivity index (χ4n) is 8.25. The lowest BCUT2D eigenvalue weighted by Crippen LogP contribution is -2.66. The van der Waals surface area contributed by atoms with E-state index in [0.29, 0.717) is 29.8 Å². The first kappa shape index (κ1) is 35.0. The van der Waals surface area contributed by atoms with E-state index in [-0.39, 0.29) is 35.7 Å². The van der Waals surface area contributed by atoms with Gasteiger partial charge in [-0.3, -0.25) is 24.1 Å². The molecule has 0 heterocycles. The van der Waals surface area contributed by atoms with Crippen molar-refractivity contribution in [3.05, 3.63) is 75.5 Å². The van der Waals surface area contributed by atoms with Gasteiger partial charge in [0.2, 0.25) is 5.78 Å². The average molecular weight is 664 g/mol. The number of nitrogens with two attached hydrogens (primary N) is 1. The maximum atomic E-state index is 14.4. The van der Waals surface area contributed by atoms with Crippen molar-refractivity contribution in [3.63, 3.8) is 0 Å². The number of benzene rings is 1. The van der Waals surface area contributed by atoms with Gasteiger partial charge >= 0.3 is 0 Å². The number of nitrogens with one attached hydrogen (secondary N) is 1. The largest absolute Gasteiger partial charge is 0.508 e. The second-order valence-electron chi connectivity index (χ2n) is 14.2. The first-order valence-electron chi connectivity index (χ1n) is 15.9. The Bertz CT molecular complexity index is 1720. The molecule has 258 valence electrons. The smallest absolute Gasteiger partial charge is 0.255 e. The number of Topliss-reactive ketones (excluding diaryl/α,β-unsaturated/α-hetero) is 2. The third-order valence-electron chi connectivity index (χ3n) is 10.4. The summed E-state index contributed by atoms with van der Waals surface area (Å²) in [6, 6.07) is 5.16. The molecule has 48 heavy (non-hydrogen) atoms. The standard InChI is InChI=1S/C35H45N5O8/c1-34-16-19-14-21-26(40(6)7)29(43)24(32(36)46)31(45)35(21,48)30(44)23(19)28(42)25(34)27(41)20(15-22(34)39(4)5)17-9-8-10-18(13-17)33(47)37-11-12-38(2)3/h8-10,13,15,19,21-22,26,41-42,45,48H,11-12,14,16H2,1-7H3,(H2,36,46)(H,37,47)/t19-,21+,22?,26+,34?,35+/m1/s1. The first-order valence-corrected chi connectivity index (χ1v) is 15.9. The minimum absolute atomic E-state index is 0.0116. The Morgan fingerprint density at radius 2 is 1.69 bits per heavy atom. The Balaban J connectivity index is 1.66. The van der Waals surface area contributed by atoms with Crippen LogP contribution in [0.15, 0.2) is 64.3 Å². The predicted octanol–water partition coefficient (Wildman–Crippen LogP) is 1.09. The summed E-state index contributed by atoms with van der Waals surface area (Å²) in [5.41, 5.74) is 2.00. The highest BCUT2D eigenvalue weighted by atomic mass is 16.3. The zero-order chi connectivity index (χ0) is 35.6. The van der Waals surface area contributed by atoms with Gasteiger partial charge in [-0.05, 0) is 78.7 Å². The van der Waals surface area contributed by atoms with Crippen LogP contribution in [0.1, 0.15) is 35.7 Å². The molecule has 0 aromatic heterocycles. The van der Waals surface area contributed by atoms with E-state index in [1.807, 2.05) is 51.0 Å². The zero-order valence-corrected chi connectivity index (χ0v) is 28.4. The number of ketones is 2. The number of carbonyl (C=O) groups is 4. The molecular formula is C35H45N5O8. The summed E-state index contributed by atoms with van der Waals surface area (Å²) in [6.45, 7) is 2.97. The van der Waals surface area contributed by atoms with Gasteiger partial charge in [-0.25, -0.2) is 0 Å². The molecule has 13 heteroatoms. The van der Waals surface area contributed by atoms with Crippen molar-refractivity contribution in [2.75, 3.05) is 55.4 Å². The van der Waals surface area contributed by atoms with E-state index in [1.54, 1.807) is 38.4 Å². The highest BCUT2D eigenvalue weighted by Gasteiger charge is 2.66. The third-order valence-corrected chi connectivity index (χ3v) is 10.4. The van der Waals surface area contributed by atoms with Crippen molar-refractivity contribution in [3.8, 4) is 0 Å². The van der Waals surface area contributed by atoms with E-state index in [9.17, 15) is 39.6 Å². The predicted molar refractivity (Wildman–Crippen MR) is 178 cm³/mol. The van der Waals surface area contributed by atoms with Crippen molar-refractivity contribution in [1.29, 1.82) is 0 Å². The second-order valence-corrected chi connectivity index (χ2v) is 14.2. The van der Waals surface area contributed by atoms with Gasteiger partial charge in [0.25, 0.3) is 11.8 Å². The van der Waals surface area contributed by atoms with Gasteiger partial charge in [0.1, 0.15) is 22.9 Å². The molecule has 0 bridgehead atoms. The number of nitrogens with zero attached hydrogens (tertiary/aromatic N) is 3. The third kappa shape index (κ3) is 5.25. The minimum Gasteiger partial charge on any atom is -0.508 e. The summed E-state index contributed by atoms with van der Waals surface area (Å²) in [5, 5.41) is 49.9. The molecule has 7 N–H and O–H groups in total. The van der Waals surface area contributed by atoms with Gasteiger partial charge in [-0.15, -0.1) is 0 Å². The number of likely N-dealkylation sites (N-methyl/N-ethyl adjacent to an activating group) is 3. The number of hydrogen-bond donors (Lipinski definition) is 6. The summed E-state index contributed by atoms with van der Waals surface area (Å²) < 4.78 is 0. The Hall–Kier alpha value is -4.30. The molecule has 1 aromatic carbocycles. The van der Waals surface area contributed by atoms with Crippen LogP contribution < -0.4 is 11.1 Å². The number of amides is 2. The Morgan fingerprint density at radius 3 is 2.27 bits per heavy atom. The Morgan fingerprint density at radius 1 is 1.02 bits per heavy atom. The maximum absolute atomic E-state index is 14.4. The highest BCUT2D eigenvalue weighted by molar-refractivity contribution is 6.24. The summed E-state index contributed by atoms with van der Waals surface area (Å²) in [6.07, 6.45) is 2.13. The Kier molecular flexibility index (Phi) is 8.97. The van der Waals surface area contributed by atoms with E-state index in [2.05, 4.69) is 5.32 Å². The maximum Gasteiger partial charge on any atom is 0.255 e. The SMILES string of the molecule is CN(C)CCNC(=O)c1cccc(C2=CC(N(C)C)C3(C)C[C@H]4C[C@H]5[C@H](N(C)C)C(=O)C(C(N)=O)=C(O)[C@@]5(O)C(=O)C4=C(O)C3=C2O)c1. The van der Waals surface area contributed by atoms with Crippen molar-refractivity contribution in [1.82, 2.24) is 20.0 Å². The van der Waals surface area contributed by atoms with E-state index >= 15 is 0 Å². The van der Waals surface area contributed by atoms with Gasteiger partial charge in [0.05, 0.1) is 6.04 Å². The molecule has 1 fully saturated rings. The highest BCUT2D eigenvalue weighted by Crippen LogP contribution is 2.59. The summed E-state index contributed by atoms with van der Waals surface area (Å²) >= 11 is 0. The molecule has 4 aliphatic carbocycles. The van der Waals surface area contributed by atoms with Crippen molar-refractivity contribution < 1.29 is 39.6 Å². The van der Waals surface area contributed by atoms with Crippen LogP contribution in [-0.4, -0.2) is 132 Å². The van der Waals surface area contributed by atoms with E-state index < -0.39 is 69.5 Å². The van der Waals surface area contributed by atoms with Crippen LogP contribution in [0.25, 0.3) is 5.57 Å². The van der Waals surface area contributed by atoms with Crippen molar-refractivity contribution in [2.45, 2.75) is 37.5 Å². The number of rotatable bonds is 8. The van der Waals surface area contributed by atoms with Crippen LogP contribution in [0, 0.1) is 17.3 Å². The molecule has 2 unspecified atom stereocenters. The molecule has 1 saturated carbocycles. The number of carbonyl (C=O) groups excluding carboxylic acids is 4. The van der Waals surface area contributed by atoms with Gasteiger partial charge < -0.3 is 41.3 Å². The lowest BCUT2D eigenvalue weighted by atomic mass is 9.52. The van der Waals surface area contributed by atoms with Crippen LogP contribution in [0.3, 0.4) is 0 Å². The number of hydrogen-bond acceptors (Lipinski definition) is 11. The molecule has 2 amide bonds. The fraction of sp³-hybridized carbons (Fsp3) is 0.486. The zero-order valence-electron chi connectivity index (χ0n) is 28.4. The van der Waals surface area contributed by atoms with E-state index in [0.717, 1.165) is 0 Å². The van der Waals surface area contributed by atoms with Crippen LogP contribution >= 0.6 is 0 Å². The lowest BCUT2D eigenvalue weighted by molar-refractivity contribution is -0.154. The number of primary amides is 1. The van der Waals surface area contributed by atoms with Crippen molar-refractivity contribution in [2.24, 2.45) is 23.0 Å². The topological polar surface area (TPSA) is 197 Å². The van der Waals surface area contributed by atoms with E-state index in [1.165, 1.54) is 4.90 Å². The van der Waals surface area contributed by atoms with Crippen LogP contribution in [0.2, 0.25) is 0 Å². The summed E-state index contributed by atoms with van der Waals surface area (Å²) in [4.78, 5) is 58.4. The quantitative estimate of drug-likeness (QED) is 0.218. The summed E-state index contributed by atoms with van der Waals surface area (Å²) in [5.74, 6) is -7.23. The summed E-state index contributed by atoms with van der Waals surface area (Å²) in [7, 11) is 10.7. The molecule has 0 aliphatic heterocycles. The van der Waals surface area contributed by atoms with Gasteiger partial charge in [0, 0.05) is 52.7 Å². The van der Waals surface area contributed by atoms with E-state index in [4.69, 9.17) is 5.73 Å². The molecular weight excluding hydrogens is 618 g/mol. The fourth-order valence-corrected chi connectivity index (χ4v) is 8.25. The molecule has 5 rings (SSSR count). The van der Waals surface area contributed by atoms with Crippen LogP contribution in [0.4, 0.5) is 0 Å². The number of aliphatic hydroxyl groups is 4. The minimum atomic E-state index is -2.72. The molecule has 4 aliphatic rings. The molecule has 6 atom stereocenters. The molecule has 0 saturated heterocycles. The van der Waals surface area contributed by atoms with Crippen LogP contribution in [-0.2, 0) is 14.4 Å². The normalized spacial score (nSPS) is 30.4. The van der Waals surface area contributed by atoms with Gasteiger partial charge in [0.15, 0.2) is 11.4 Å². The Labute approximate surface area is 279 Å². The average Bonchev–Trinajstić information content (AvgIpc) is 2.98. The first-order chi connectivity index (χ1) is 22.4. The second kappa shape index (κ2) is 12.3. The molecule has 0 spiro atoms. The monoisotopic (exact) mass is 663 g/mol. The number of allylic oxidation sites excluding steroid dienone is 2. The van der Waals surface area contributed by atoms with Crippen LogP contribution in [0.5, 0.6) is 0 Å². The molecule has 0 radical (unpaired) electrons. The number of fused-ring (bicyclic) bond motifs is 3. The number of aliphatic hydroxyl groups excluding tert-OH is 3. The van der Waals surface area contributed by atoms with Gasteiger partial charge in [-0.2, -0.15) is 0 Å². The van der Waals surface area contributed by atoms with Gasteiger partial charge in [-0.1, -0.05) is 25.1 Å². The molecule has 1 aromatic rings. The molecule has 13 nitrogen and oxygen atoms in total.